The highest BCUT2D eigenvalue weighted by Crippen LogP contribution is 2.19. The standard InChI is InChI=1S/C13H12N2O2S/c1-9-6-12(18(16)17)4-5-13(9)10(2)8-15-11(3)7-14/h4-6,8H,2-3H2,1H3,(H,16,17). The highest BCUT2D eigenvalue weighted by atomic mass is 32.2. The van der Waals surface area contributed by atoms with E-state index in [2.05, 4.69) is 18.2 Å². The highest BCUT2D eigenvalue weighted by molar-refractivity contribution is 7.79. The summed E-state index contributed by atoms with van der Waals surface area (Å²) in [7, 11) is 0. The lowest BCUT2D eigenvalue weighted by Crippen LogP contribution is -1.94. The van der Waals surface area contributed by atoms with E-state index in [1.807, 2.05) is 6.92 Å². The smallest absolute Gasteiger partial charge is 0.186 e. The summed E-state index contributed by atoms with van der Waals surface area (Å²) in [5.41, 5.74) is 2.33. The van der Waals surface area contributed by atoms with Crippen molar-refractivity contribution in [1.82, 2.24) is 0 Å². The van der Waals surface area contributed by atoms with Crippen molar-refractivity contribution in [2.75, 3.05) is 0 Å². The minimum Gasteiger partial charge on any atom is -0.302 e. The maximum atomic E-state index is 10.9. The first kappa shape index (κ1) is 14.0. The van der Waals surface area contributed by atoms with Crippen LogP contribution in [0.3, 0.4) is 0 Å². The van der Waals surface area contributed by atoms with Crippen LogP contribution in [0.2, 0.25) is 0 Å². The normalized spacial score (nSPS) is 12.1. The van der Waals surface area contributed by atoms with Gasteiger partial charge in [-0.15, -0.1) is 0 Å². The van der Waals surface area contributed by atoms with Crippen LogP contribution in [0.25, 0.3) is 5.57 Å². The fraction of sp³-hybridized carbons (Fsp3) is 0.0769. The van der Waals surface area contributed by atoms with E-state index in [0.717, 1.165) is 11.1 Å². The molecular weight excluding hydrogens is 248 g/mol. The maximum Gasteiger partial charge on any atom is 0.186 e. The molecule has 0 aliphatic rings. The van der Waals surface area contributed by atoms with E-state index < -0.39 is 11.1 Å². The lowest BCUT2D eigenvalue weighted by Gasteiger charge is -2.06. The Morgan fingerprint density at radius 3 is 2.72 bits per heavy atom. The molecule has 1 unspecified atom stereocenters. The molecule has 4 nitrogen and oxygen atoms in total. The fourth-order valence-electron chi connectivity index (χ4n) is 1.36. The second-order valence-electron chi connectivity index (χ2n) is 3.57. The number of benzene rings is 1. The Balaban J connectivity index is 3.02. The van der Waals surface area contributed by atoms with Crippen molar-refractivity contribution in [3.8, 4) is 6.07 Å². The summed E-state index contributed by atoms with van der Waals surface area (Å²) >= 11 is -1.99. The zero-order chi connectivity index (χ0) is 13.7. The Hall–Kier alpha value is -2.03. The minimum absolute atomic E-state index is 0.0990. The number of rotatable bonds is 4. The third-order valence-corrected chi connectivity index (χ3v) is 2.91. The Bertz CT molecular complexity index is 597. The van der Waals surface area contributed by atoms with Gasteiger partial charge < -0.3 is 4.55 Å². The first-order chi connectivity index (χ1) is 8.45. The third-order valence-electron chi connectivity index (χ3n) is 2.25. The summed E-state index contributed by atoms with van der Waals surface area (Å²) in [6.45, 7) is 9.06. The zero-order valence-electron chi connectivity index (χ0n) is 9.88. The zero-order valence-corrected chi connectivity index (χ0v) is 10.7. The molecule has 0 aliphatic heterocycles. The highest BCUT2D eigenvalue weighted by Gasteiger charge is 2.05. The Morgan fingerprint density at radius 1 is 1.56 bits per heavy atom. The summed E-state index contributed by atoms with van der Waals surface area (Å²) < 4.78 is 19.9. The monoisotopic (exact) mass is 260 g/mol. The maximum absolute atomic E-state index is 10.9. The Labute approximate surface area is 108 Å². The molecule has 1 aromatic rings. The second kappa shape index (κ2) is 6.05. The minimum atomic E-state index is -1.99. The third kappa shape index (κ3) is 3.48. The van der Waals surface area contributed by atoms with E-state index in [4.69, 9.17) is 9.81 Å². The number of aliphatic imine (C=N–C) groups is 1. The van der Waals surface area contributed by atoms with Gasteiger partial charge in [-0.05, 0) is 35.8 Å². The quantitative estimate of drug-likeness (QED) is 0.514. The van der Waals surface area contributed by atoms with E-state index in [1.54, 1.807) is 24.3 Å². The molecule has 0 radical (unpaired) electrons. The molecule has 0 amide bonds. The molecular formula is C13H12N2O2S. The molecule has 1 aromatic carbocycles. The number of nitrogens with zero attached hydrogens (tertiary/aromatic N) is 2. The first-order valence-electron chi connectivity index (χ1n) is 4.99. The van der Waals surface area contributed by atoms with Gasteiger partial charge in [0.15, 0.2) is 11.1 Å². The van der Waals surface area contributed by atoms with Crippen molar-refractivity contribution in [1.29, 1.82) is 5.26 Å². The predicted molar refractivity (Wildman–Crippen MR) is 72.5 cm³/mol. The number of hydrogen-bond acceptors (Lipinski definition) is 3. The fourth-order valence-corrected chi connectivity index (χ4v) is 1.82. The van der Waals surface area contributed by atoms with E-state index in [9.17, 15) is 4.21 Å². The molecule has 0 heterocycles. The van der Waals surface area contributed by atoms with Gasteiger partial charge in [0.25, 0.3) is 0 Å². The summed E-state index contributed by atoms with van der Waals surface area (Å²) in [6, 6.07) is 6.67. The molecule has 0 saturated carbocycles. The molecule has 1 atom stereocenters. The number of hydrogen-bond donors (Lipinski definition) is 1. The summed E-state index contributed by atoms with van der Waals surface area (Å²) in [5, 5.41) is 8.52. The summed E-state index contributed by atoms with van der Waals surface area (Å²) in [5.74, 6) is 0. The van der Waals surface area contributed by atoms with Crippen LogP contribution >= 0.6 is 0 Å². The molecule has 0 aliphatic carbocycles. The molecule has 0 bridgehead atoms. The summed E-state index contributed by atoms with van der Waals surface area (Å²) in [6.07, 6.45) is 1.45. The van der Waals surface area contributed by atoms with Crippen LogP contribution < -0.4 is 0 Å². The molecule has 0 spiro atoms. The predicted octanol–water partition coefficient (Wildman–Crippen LogP) is 2.70. The van der Waals surface area contributed by atoms with E-state index >= 15 is 0 Å². The average molecular weight is 260 g/mol. The van der Waals surface area contributed by atoms with E-state index in [-0.39, 0.29) is 5.70 Å². The van der Waals surface area contributed by atoms with Crippen molar-refractivity contribution in [3.63, 3.8) is 0 Å². The Kier molecular flexibility index (Phi) is 4.72. The Morgan fingerprint density at radius 2 is 2.22 bits per heavy atom. The number of allylic oxidation sites excluding steroid dienone is 2. The van der Waals surface area contributed by atoms with Crippen molar-refractivity contribution < 1.29 is 8.76 Å². The molecule has 1 N–H and O–H groups in total. The van der Waals surface area contributed by atoms with Gasteiger partial charge in [0.1, 0.15) is 11.8 Å². The first-order valence-corrected chi connectivity index (χ1v) is 6.10. The SMILES string of the molecule is C=C(C#N)N=CC(=C)c1ccc(S(=O)O)cc1C. The molecule has 0 fully saturated rings. The van der Waals surface area contributed by atoms with Gasteiger partial charge >= 0.3 is 0 Å². The van der Waals surface area contributed by atoms with Crippen LogP contribution in [0.1, 0.15) is 11.1 Å². The molecule has 0 saturated heterocycles. The molecule has 18 heavy (non-hydrogen) atoms. The number of aryl methyl sites for hydroxylation is 1. The van der Waals surface area contributed by atoms with Crippen LogP contribution in [0.5, 0.6) is 0 Å². The van der Waals surface area contributed by atoms with Crippen LogP contribution in [-0.4, -0.2) is 15.0 Å². The van der Waals surface area contributed by atoms with E-state index in [0.29, 0.717) is 10.5 Å². The summed E-state index contributed by atoms with van der Waals surface area (Å²) in [4.78, 5) is 4.16. The lowest BCUT2D eigenvalue weighted by atomic mass is 10.0. The molecule has 5 heteroatoms. The van der Waals surface area contributed by atoms with Gasteiger partial charge in [0.05, 0.1) is 4.90 Å². The van der Waals surface area contributed by atoms with Crippen LogP contribution in [-0.2, 0) is 11.1 Å². The second-order valence-corrected chi connectivity index (χ2v) is 4.54. The molecule has 92 valence electrons. The van der Waals surface area contributed by atoms with Gasteiger partial charge in [-0.3, -0.25) is 0 Å². The molecule has 0 aromatic heterocycles. The average Bonchev–Trinajstić information content (AvgIpc) is 2.35. The number of nitriles is 1. The van der Waals surface area contributed by atoms with Crippen LogP contribution in [0.15, 0.2) is 46.9 Å². The van der Waals surface area contributed by atoms with Crippen molar-refractivity contribution in [2.24, 2.45) is 4.99 Å². The van der Waals surface area contributed by atoms with Crippen LogP contribution in [0.4, 0.5) is 0 Å². The van der Waals surface area contributed by atoms with Gasteiger partial charge in [-0.2, -0.15) is 5.26 Å². The van der Waals surface area contributed by atoms with Gasteiger partial charge in [-0.1, -0.05) is 19.2 Å². The topological polar surface area (TPSA) is 73.5 Å². The van der Waals surface area contributed by atoms with Crippen molar-refractivity contribution >= 4 is 22.9 Å². The van der Waals surface area contributed by atoms with Crippen LogP contribution in [0, 0.1) is 18.3 Å². The van der Waals surface area contributed by atoms with Crippen molar-refractivity contribution in [2.45, 2.75) is 11.8 Å². The van der Waals surface area contributed by atoms with Gasteiger partial charge in [0, 0.05) is 6.21 Å². The van der Waals surface area contributed by atoms with Gasteiger partial charge in [0.2, 0.25) is 0 Å². The lowest BCUT2D eigenvalue weighted by molar-refractivity contribution is 0.564. The van der Waals surface area contributed by atoms with E-state index in [1.165, 1.54) is 6.21 Å². The largest absolute Gasteiger partial charge is 0.302 e. The van der Waals surface area contributed by atoms with Crippen molar-refractivity contribution in [3.05, 3.63) is 48.2 Å². The van der Waals surface area contributed by atoms with Gasteiger partial charge in [-0.25, -0.2) is 9.20 Å². The molecule has 1 rings (SSSR count).